The van der Waals surface area contributed by atoms with Gasteiger partial charge in [-0.05, 0) is 31.0 Å². The van der Waals surface area contributed by atoms with Crippen molar-refractivity contribution in [1.82, 2.24) is 5.43 Å². The van der Waals surface area contributed by atoms with Gasteiger partial charge in [0.15, 0.2) is 0 Å². The van der Waals surface area contributed by atoms with E-state index in [1.165, 1.54) is 5.56 Å². The molecule has 1 aromatic rings. The lowest BCUT2D eigenvalue weighted by atomic mass is 10.1. The molecular formula is C11H17BrN2O. The van der Waals surface area contributed by atoms with E-state index in [9.17, 15) is 0 Å². The van der Waals surface area contributed by atoms with Gasteiger partial charge < -0.3 is 4.74 Å². The molecule has 0 aliphatic carbocycles. The lowest BCUT2D eigenvalue weighted by molar-refractivity contribution is 0.123. The number of halogens is 1. The molecule has 84 valence electrons. The summed E-state index contributed by atoms with van der Waals surface area (Å²) in [5.74, 6) is 5.49. The maximum atomic E-state index is 5.49. The number of ether oxygens (including phenoxy) is 1. The zero-order valence-corrected chi connectivity index (χ0v) is 10.7. The van der Waals surface area contributed by atoms with Crippen LogP contribution in [0, 0.1) is 6.92 Å². The van der Waals surface area contributed by atoms with E-state index in [0.29, 0.717) is 13.2 Å². The van der Waals surface area contributed by atoms with Crippen LogP contribution in [0.1, 0.15) is 24.1 Å². The summed E-state index contributed by atoms with van der Waals surface area (Å²) in [6, 6.07) is 6.23. The van der Waals surface area contributed by atoms with Crippen LogP contribution < -0.4 is 11.3 Å². The molecule has 0 aliphatic rings. The van der Waals surface area contributed by atoms with Gasteiger partial charge in [0, 0.05) is 11.1 Å². The first-order chi connectivity index (χ1) is 7.19. The van der Waals surface area contributed by atoms with Crippen molar-refractivity contribution in [3.63, 3.8) is 0 Å². The fraction of sp³-hybridized carbons (Fsp3) is 0.455. The Morgan fingerprint density at radius 1 is 1.53 bits per heavy atom. The highest BCUT2D eigenvalue weighted by atomic mass is 79.9. The Morgan fingerprint density at radius 3 is 2.80 bits per heavy atom. The molecule has 0 saturated heterocycles. The van der Waals surface area contributed by atoms with Crippen molar-refractivity contribution in [3.05, 3.63) is 33.8 Å². The van der Waals surface area contributed by atoms with Crippen molar-refractivity contribution in [3.8, 4) is 0 Å². The van der Waals surface area contributed by atoms with E-state index in [4.69, 9.17) is 10.6 Å². The monoisotopic (exact) mass is 272 g/mol. The van der Waals surface area contributed by atoms with Gasteiger partial charge in [-0.2, -0.15) is 0 Å². The fourth-order valence-electron chi connectivity index (χ4n) is 1.36. The lowest BCUT2D eigenvalue weighted by Gasteiger charge is -2.16. The largest absolute Gasteiger partial charge is 0.380 e. The summed E-state index contributed by atoms with van der Waals surface area (Å²) in [5, 5.41) is 0. The molecule has 1 rings (SSSR count). The van der Waals surface area contributed by atoms with Crippen LogP contribution in [0.15, 0.2) is 22.7 Å². The molecule has 0 aromatic heterocycles. The average Bonchev–Trinajstić information content (AvgIpc) is 2.24. The topological polar surface area (TPSA) is 47.3 Å². The second-order valence-corrected chi connectivity index (χ2v) is 4.24. The molecule has 1 unspecified atom stereocenters. The zero-order chi connectivity index (χ0) is 11.3. The average molecular weight is 273 g/mol. The minimum Gasteiger partial charge on any atom is -0.380 e. The Labute approximate surface area is 99.1 Å². The van der Waals surface area contributed by atoms with Gasteiger partial charge in [-0.25, -0.2) is 0 Å². The van der Waals surface area contributed by atoms with Crippen LogP contribution in [-0.2, 0) is 4.74 Å². The minimum absolute atomic E-state index is 0.0525. The van der Waals surface area contributed by atoms with Crippen molar-refractivity contribution in [2.45, 2.75) is 19.9 Å². The van der Waals surface area contributed by atoms with E-state index in [2.05, 4.69) is 34.3 Å². The van der Waals surface area contributed by atoms with E-state index in [0.717, 1.165) is 10.0 Å². The first-order valence-electron chi connectivity index (χ1n) is 4.99. The molecule has 0 aliphatic heterocycles. The molecule has 0 saturated carbocycles. The second-order valence-electron chi connectivity index (χ2n) is 3.39. The number of hydrazine groups is 1. The van der Waals surface area contributed by atoms with Gasteiger partial charge >= 0.3 is 0 Å². The van der Waals surface area contributed by atoms with Gasteiger partial charge in [0.1, 0.15) is 0 Å². The first kappa shape index (κ1) is 12.6. The number of benzene rings is 1. The number of nitrogens with one attached hydrogen (secondary N) is 1. The van der Waals surface area contributed by atoms with Gasteiger partial charge in [-0.1, -0.05) is 28.1 Å². The highest BCUT2D eigenvalue weighted by Crippen LogP contribution is 2.21. The van der Waals surface area contributed by atoms with E-state index < -0.39 is 0 Å². The highest BCUT2D eigenvalue weighted by Gasteiger charge is 2.10. The molecule has 0 radical (unpaired) electrons. The van der Waals surface area contributed by atoms with E-state index >= 15 is 0 Å². The number of rotatable bonds is 5. The molecule has 15 heavy (non-hydrogen) atoms. The van der Waals surface area contributed by atoms with E-state index in [1.54, 1.807) is 0 Å². The van der Waals surface area contributed by atoms with Crippen LogP contribution in [0.3, 0.4) is 0 Å². The van der Waals surface area contributed by atoms with Crippen molar-refractivity contribution in [2.24, 2.45) is 5.84 Å². The van der Waals surface area contributed by atoms with Crippen LogP contribution in [0.5, 0.6) is 0 Å². The van der Waals surface area contributed by atoms with Crippen LogP contribution >= 0.6 is 15.9 Å². The third-order valence-corrected chi connectivity index (χ3v) is 3.16. The molecule has 0 heterocycles. The lowest BCUT2D eigenvalue weighted by Crippen LogP contribution is -2.31. The summed E-state index contributed by atoms with van der Waals surface area (Å²) in [4.78, 5) is 0. The molecule has 4 heteroatoms. The van der Waals surface area contributed by atoms with Crippen LogP contribution in [0.25, 0.3) is 0 Å². The first-order valence-corrected chi connectivity index (χ1v) is 5.78. The number of hydrogen-bond acceptors (Lipinski definition) is 3. The van der Waals surface area contributed by atoms with Gasteiger partial charge in [0.25, 0.3) is 0 Å². The van der Waals surface area contributed by atoms with Crippen molar-refractivity contribution in [2.75, 3.05) is 13.2 Å². The molecule has 0 fully saturated rings. The van der Waals surface area contributed by atoms with Crippen molar-refractivity contribution in [1.29, 1.82) is 0 Å². The third-order valence-electron chi connectivity index (χ3n) is 2.27. The summed E-state index contributed by atoms with van der Waals surface area (Å²) in [7, 11) is 0. The molecular weight excluding hydrogens is 256 g/mol. The third kappa shape index (κ3) is 3.57. The Morgan fingerprint density at radius 2 is 2.27 bits per heavy atom. The predicted molar refractivity (Wildman–Crippen MR) is 65.4 cm³/mol. The molecule has 1 aromatic carbocycles. The normalized spacial score (nSPS) is 12.8. The Balaban J connectivity index is 2.78. The molecule has 3 N–H and O–H groups in total. The van der Waals surface area contributed by atoms with E-state index in [-0.39, 0.29) is 6.04 Å². The van der Waals surface area contributed by atoms with Gasteiger partial charge in [0.05, 0.1) is 12.6 Å². The number of nitrogens with two attached hydrogens (primary N) is 1. The fourth-order valence-corrected chi connectivity index (χ4v) is 1.61. The van der Waals surface area contributed by atoms with Gasteiger partial charge in [-0.15, -0.1) is 0 Å². The maximum absolute atomic E-state index is 5.49. The standard InChI is InChI=1S/C11H17BrN2O/c1-3-15-7-11(14-13)9-4-5-10(12)8(2)6-9/h4-6,11,14H,3,7,13H2,1-2H3. The van der Waals surface area contributed by atoms with Crippen molar-refractivity contribution < 1.29 is 4.74 Å². The summed E-state index contributed by atoms with van der Waals surface area (Å²) in [6.07, 6.45) is 0. The van der Waals surface area contributed by atoms with Crippen molar-refractivity contribution >= 4 is 15.9 Å². The molecule has 0 amide bonds. The summed E-state index contributed by atoms with van der Waals surface area (Å²) >= 11 is 3.47. The second kappa shape index (κ2) is 6.23. The van der Waals surface area contributed by atoms with Gasteiger partial charge in [-0.3, -0.25) is 11.3 Å². The SMILES string of the molecule is CCOCC(NN)c1ccc(Br)c(C)c1. The van der Waals surface area contributed by atoms with E-state index in [1.807, 2.05) is 19.1 Å². The Kier molecular flexibility index (Phi) is 5.25. The molecule has 3 nitrogen and oxygen atoms in total. The van der Waals surface area contributed by atoms with Crippen LogP contribution in [0.4, 0.5) is 0 Å². The molecule has 0 spiro atoms. The highest BCUT2D eigenvalue weighted by molar-refractivity contribution is 9.10. The Bertz CT molecular complexity index is 317. The Hall–Kier alpha value is -0.420. The van der Waals surface area contributed by atoms with Crippen LogP contribution in [-0.4, -0.2) is 13.2 Å². The smallest absolute Gasteiger partial charge is 0.0694 e. The quantitative estimate of drug-likeness (QED) is 0.639. The predicted octanol–water partition coefficient (Wildman–Crippen LogP) is 2.30. The zero-order valence-electron chi connectivity index (χ0n) is 9.09. The molecule has 0 bridgehead atoms. The van der Waals surface area contributed by atoms with Crippen LogP contribution in [0.2, 0.25) is 0 Å². The minimum atomic E-state index is 0.0525. The maximum Gasteiger partial charge on any atom is 0.0694 e. The number of aryl methyl sites for hydroxylation is 1. The van der Waals surface area contributed by atoms with Gasteiger partial charge in [0.2, 0.25) is 0 Å². The number of hydrogen-bond donors (Lipinski definition) is 2. The summed E-state index contributed by atoms with van der Waals surface area (Å²) < 4.78 is 6.47. The molecule has 1 atom stereocenters. The summed E-state index contributed by atoms with van der Waals surface area (Å²) in [5.41, 5.74) is 5.10. The summed E-state index contributed by atoms with van der Waals surface area (Å²) in [6.45, 7) is 5.32.